The van der Waals surface area contributed by atoms with Crippen LogP contribution in [0.5, 0.6) is 0 Å². The minimum atomic E-state index is 0. The number of nitrogens with one attached hydrogen (secondary N) is 2. The Morgan fingerprint density at radius 3 is 2.76 bits per heavy atom. The van der Waals surface area contributed by atoms with Crippen LogP contribution in [-0.2, 0) is 4.74 Å². The molecular formula is C18H38IN5O. The lowest BCUT2D eigenvalue weighted by Crippen LogP contribution is -2.42. The Balaban J connectivity index is 0.00000312. The molecule has 7 heteroatoms. The van der Waals surface area contributed by atoms with Crippen LogP contribution >= 0.6 is 24.0 Å². The summed E-state index contributed by atoms with van der Waals surface area (Å²) in [4.78, 5) is 9.61. The fraction of sp³-hybridized carbons (Fsp3) is 0.944. The highest BCUT2D eigenvalue weighted by Crippen LogP contribution is 2.28. The second-order valence-electron chi connectivity index (χ2n) is 7.06. The number of ether oxygens (including phenoxy) is 1. The molecule has 0 amide bonds. The number of nitrogens with zero attached hydrogens (tertiary/aromatic N) is 3. The zero-order valence-electron chi connectivity index (χ0n) is 16.1. The summed E-state index contributed by atoms with van der Waals surface area (Å²) in [5.74, 6) is 1.79. The Hall–Kier alpha value is -0.120. The molecule has 1 aliphatic carbocycles. The Morgan fingerprint density at radius 2 is 2.00 bits per heavy atom. The van der Waals surface area contributed by atoms with Crippen LogP contribution in [0, 0.1) is 5.92 Å². The van der Waals surface area contributed by atoms with Crippen LogP contribution in [0.2, 0.25) is 0 Å². The highest BCUT2D eigenvalue weighted by Gasteiger charge is 2.20. The SMILES string of the molecule is CCNC(=NCCCOCC1CC1)NCCN1CCCN(C)CC1.I. The summed E-state index contributed by atoms with van der Waals surface area (Å²) in [6, 6.07) is 0. The van der Waals surface area contributed by atoms with Crippen LogP contribution in [0.1, 0.15) is 32.6 Å². The average Bonchev–Trinajstić information content (AvgIpc) is 3.40. The van der Waals surface area contributed by atoms with Gasteiger partial charge in [0.05, 0.1) is 0 Å². The molecule has 0 bridgehead atoms. The number of hydrogen-bond acceptors (Lipinski definition) is 4. The molecule has 0 radical (unpaired) electrons. The molecular weight excluding hydrogens is 429 g/mol. The van der Waals surface area contributed by atoms with E-state index in [1.54, 1.807) is 0 Å². The van der Waals surface area contributed by atoms with Crippen LogP contribution in [0.25, 0.3) is 0 Å². The molecule has 2 fully saturated rings. The lowest BCUT2D eigenvalue weighted by atomic mass is 10.4. The molecule has 25 heavy (non-hydrogen) atoms. The lowest BCUT2D eigenvalue weighted by Gasteiger charge is -2.21. The Kier molecular flexibility index (Phi) is 12.8. The Morgan fingerprint density at radius 1 is 1.16 bits per heavy atom. The predicted octanol–water partition coefficient (Wildman–Crippen LogP) is 1.61. The van der Waals surface area contributed by atoms with E-state index in [9.17, 15) is 0 Å². The highest BCUT2D eigenvalue weighted by molar-refractivity contribution is 14.0. The van der Waals surface area contributed by atoms with Gasteiger partial charge in [-0.05, 0) is 58.7 Å². The number of hydrogen-bond donors (Lipinski definition) is 2. The molecule has 148 valence electrons. The van der Waals surface area contributed by atoms with Crippen molar-refractivity contribution >= 4 is 29.9 Å². The van der Waals surface area contributed by atoms with Crippen LogP contribution < -0.4 is 10.6 Å². The largest absolute Gasteiger partial charge is 0.381 e. The molecule has 6 nitrogen and oxygen atoms in total. The normalized spacial score (nSPS) is 20.0. The van der Waals surface area contributed by atoms with Gasteiger partial charge >= 0.3 is 0 Å². The summed E-state index contributed by atoms with van der Waals surface area (Å²) in [5.41, 5.74) is 0. The summed E-state index contributed by atoms with van der Waals surface area (Å²) in [6.07, 6.45) is 4.99. The lowest BCUT2D eigenvalue weighted by molar-refractivity contribution is 0.123. The standard InChI is InChI=1S/C18H37N5O.HI/c1-3-19-18(20-8-4-15-24-16-17-6-7-17)21-9-12-23-11-5-10-22(2)13-14-23;/h17H,3-16H2,1-2H3,(H2,19,20,21);1H. The fourth-order valence-electron chi connectivity index (χ4n) is 2.89. The molecule has 0 aromatic heterocycles. The number of aliphatic imine (C=N–C) groups is 1. The first kappa shape index (κ1) is 22.9. The molecule has 2 N–H and O–H groups in total. The smallest absolute Gasteiger partial charge is 0.191 e. The van der Waals surface area contributed by atoms with Crippen molar-refractivity contribution in [2.24, 2.45) is 10.9 Å². The van der Waals surface area contributed by atoms with Crippen LogP contribution in [-0.4, -0.2) is 88.4 Å². The monoisotopic (exact) mass is 467 g/mol. The molecule has 2 aliphatic rings. The van der Waals surface area contributed by atoms with Crippen molar-refractivity contribution in [3.63, 3.8) is 0 Å². The summed E-state index contributed by atoms with van der Waals surface area (Å²) in [5, 5.41) is 6.79. The second kappa shape index (κ2) is 14.0. The number of guanidine groups is 1. The van der Waals surface area contributed by atoms with Crippen LogP contribution in [0.3, 0.4) is 0 Å². The molecule has 2 rings (SSSR count). The van der Waals surface area contributed by atoms with E-state index in [2.05, 4.69) is 39.4 Å². The van der Waals surface area contributed by atoms with Gasteiger partial charge in [-0.25, -0.2) is 0 Å². The van der Waals surface area contributed by atoms with E-state index in [1.807, 2.05) is 0 Å². The molecule has 0 aromatic carbocycles. The number of halogens is 1. The Bertz CT molecular complexity index is 365. The van der Waals surface area contributed by atoms with E-state index in [1.165, 1.54) is 45.4 Å². The van der Waals surface area contributed by atoms with Crippen molar-refractivity contribution in [2.45, 2.75) is 32.6 Å². The zero-order valence-corrected chi connectivity index (χ0v) is 18.5. The quantitative estimate of drug-likeness (QED) is 0.221. The van der Waals surface area contributed by atoms with Crippen molar-refractivity contribution in [1.29, 1.82) is 0 Å². The molecule has 0 unspecified atom stereocenters. The van der Waals surface area contributed by atoms with E-state index in [4.69, 9.17) is 4.74 Å². The van der Waals surface area contributed by atoms with Gasteiger partial charge in [-0.3, -0.25) is 4.99 Å². The van der Waals surface area contributed by atoms with Crippen LogP contribution in [0.15, 0.2) is 4.99 Å². The van der Waals surface area contributed by atoms with Gasteiger partial charge in [-0.15, -0.1) is 24.0 Å². The number of rotatable bonds is 10. The maximum atomic E-state index is 5.66. The summed E-state index contributed by atoms with van der Waals surface area (Å²) in [6.45, 7) is 12.4. The first-order chi connectivity index (χ1) is 11.8. The molecule has 1 saturated heterocycles. The summed E-state index contributed by atoms with van der Waals surface area (Å²) < 4.78 is 5.66. The average molecular weight is 467 g/mol. The van der Waals surface area contributed by atoms with Gasteiger partial charge in [0.2, 0.25) is 0 Å². The van der Waals surface area contributed by atoms with Gasteiger partial charge in [-0.1, -0.05) is 0 Å². The first-order valence-corrected chi connectivity index (χ1v) is 9.78. The summed E-state index contributed by atoms with van der Waals surface area (Å²) in [7, 11) is 2.21. The van der Waals surface area contributed by atoms with Gasteiger partial charge in [0.1, 0.15) is 0 Å². The summed E-state index contributed by atoms with van der Waals surface area (Å²) >= 11 is 0. The minimum Gasteiger partial charge on any atom is -0.381 e. The van der Waals surface area contributed by atoms with E-state index in [0.29, 0.717) is 0 Å². The first-order valence-electron chi connectivity index (χ1n) is 9.78. The third-order valence-electron chi connectivity index (χ3n) is 4.64. The van der Waals surface area contributed by atoms with E-state index < -0.39 is 0 Å². The second-order valence-corrected chi connectivity index (χ2v) is 7.06. The molecule has 1 saturated carbocycles. The Labute approximate surface area is 171 Å². The molecule has 0 atom stereocenters. The van der Waals surface area contributed by atoms with E-state index >= 15 is 0 Å². The third kappa shape index (κ3) is 11.2. The molecule has 1 aliphatic heterocycles. The van der Waals surface area contributed by atoms with Crippen molar-refractivity contribution in [3.05, 3.63) is 0 Å². The van der Waals surface area contributed by atoms with Gasteiger partial charge in [0.25, 0.3) is 0 Å². The number of likely N-dealkylation sites (N-methyl/N-ethyl adjacent to an activating group) is 1. The molecule has 1 heterocycles. The van der Waals surface area contributed by atoms with Gasteiger partial charge < -0.3 is 25.2 Å². The van der Waals surface area contributed by atoms with Crippen molar-refractivity contribution in [1.82, 2.24) is 20.4 Å². The predicted molar refractivity (Wildman–Crippen MR) is 116 cm³/mol. The maximum absolute atomic E-state index is 5.66. The fourth-order valence-corrected chi connectivity index (χ4v) is 2.89. The third-order valence-corrected chi connectivity index (χ3v) is 4.64. The van der Waals surface area contributed by atoms with Crippen molar-refractivity contribution in [3.8, 4) is 0 Å². The minimum absolute atomic E-state index is 0. The van der Waals surface area contributed by atoms with Crippen molar-refractivity contribution in [2.75, 3.05) is 72.6 Å². The highest BCUT2D eigenvalue weighted by atomic mass is 127. The van der Waals surface area contributed by atoms with Gasteiger partial charge in [-0.2, -0.15) is 0 Å². The maximum Gasteiger partial charge on any atom is 0.191 e. The van der Waals surface area contributed by atoms with Gasteiger partial charge in [0.15, 0.2) is 5.96 Å². The zero-order chi connectivity index (χ0) is 17.0. The van der Waals surface area contributed by atoms with Crippen molar-refractivity contribution < 1.29 is 4.74 Å². The molecule has 0 aromatic rings. The van der Waals surface area contributed by atoms with Gasteiger partial charge in [0, 0.05) is 52.5 Å². The van der Waals surface area contributed by atoms with E-state index in [0.717, 1.165) is 57.7 Å². The van der Waals surface area contributed by atoms with Crippen LogP contribution in [0.4, 0.5) is 0 Å². The van der Waals surface area contributed by atoms with E-state index in [-0.39, 0.29) is 24.0 Å². The molecule has 0 spiro atoms. The topological polar surface area (TPSA) is 52.1 Å².